The fourth-order valence-electron chi connectivity index (χ4n) is 2.17. The Morgan fingerprint density at radius 3 is 3.00 bits per heavy atom. The Hall–Kier alpha value is -2.31. The van der Waals surface area contributed by atoms with Crippen molar-refractivity contribution < 1.29 is 4.79 Å². The van der Waals surface area contributed by atoms with Gasteiger partial charge in [0.2, 0.25) is 5.91 Å². The topological polar surface area (TPSA) is 85.6 Å². The van der Waals surface area contributed by atoms with Crippen molar-refractivity contribution in [1.29, 1.82) is 0 Å². The molecule has 2 aromatic heterocycles. The number of rotatable bonds is 2. The first kappa shape index (κ1) is 11.8. The Kier molecular flexibility index (Phi) is 2.94. The maximum absolute atomic E-state index is 12.2. The minimum atomic E-state index is -0.0650. The van der Waals surface area contributed by atoms with E-state index in [4.69, 9.17) is 0 Å². The Bertz CT molecular complexity index is 591. The number of nitrogens with zero attached hydrogens (tertiary/aromatic N) is 5. The summed E-state index contributed by atoms with van der Waals surface area (Å²) in [5.41, 5.74) is 0.630. The van der Waals surface area contributed by atoms with Crippen LogP contribution in [0.15, 0.2) is 18.7 Å². The summed E-state index contributed by atoms with van der Waals surface area (Å²) >= 11 is 0. The van der Waals surface area contributed by atoms with E-state index in [9.17, 15) is 4.79 Å². The van der Waals surface area contributed by atoms with Gasteiger partial charge < -0.3 is 9.88 Å². The number of hydrogen-bond acceptors (Lipinski definition) is 5. The highest BCUT2D eigenvalue weighted by Crippen LogP contribution is 2.19. The molecular weight excluding hydrogens is 244 g/mol. The molecule has 0 saturated heterocycles. The number of carbonyl (C=O) groups excluding carboxylic acids is 1. The first-order valence-corrected chi connectivity index (χ1v) is 6.18. The lowest BCUT2D eigenvalue weighted by atomic mass is 9.98. The molecule has 2 aromatic rings. The van der Waals surface area contributed by atoms with Gasteiger partial charge in [-0.2, -0.15) is 0 Å². The number of anilines is 1. The van der Waals surface area contributed by atoms with Gasteiger partial charge in [0.15, 0.2) is 0 Å². The van der Waals surface area contributed by atoms with Crippen LogP contribution in [0.25, 0.3) is 0 Å². The summed E-state index contributed by atoms with van der Waals surface area (Å²) in [4.78, 5) is 20.3. The maximum Gasteiger partial charge on any atom is 0.229 e. The predicted octanol–water partition coefficient (Wildman–Crippen LogP) is 0.578. The third-order valence-corrected chi connectivity index (χ3v) is 3.25. The predicted molar refractivity (Wildman–Crippen MR) is 67.2 cm³/mol. The van der Waals surface area contributed by atoms with Crippen molar-refractivity contribution in [3.05, 3.63) is 30.4 Å². The first-order valence-electron chi connectivity index (χ1n) is 6.18. The fraction of sp³-hybridized carbons (Fsp3) is 0.417. The van der Waals surface area contributed by atoms with E-state index < -0.39 is 0 Å². The fourth-order valence-corrected chi connectivity index (χ4v) is 2.17. The monoisotopic (exact) mass is 258 g/mol. The summed E-state index contributed by atoms with van der Waals surface area (Å²) in [6.07, 6.45) is 6.48. The minimum Gasteiger partial charge on any atom is -0.323 e. The quantitative estimate of drug-likeness (QED) is 0.851. The highest BCUT2D eigenvalue weighted by molar-refractivity contribution is 5.92. The van der Waals surface area contributed by atoms with E-state index >= 15 is 0 Å². The molecule has 0 bridgehead atoms. The van der Waals surface area contributed by atoms with Gasteiger partial charge in [-0.25, -0.2) is 9.97 Å². The molecule has 1 aliphatic heterocycles. The van der Waals surface area contributed by atoms with Crippen molar-refractivity contribution in [1.82, 2.24) is 24.7 Å². The van der Waals surface area contributed by atoms with Crippen LogP contribution in [-0.4, -0.2) is 30.6 Å². The average Bonchev–Trinajstić information content (AvgIpc) is 2.88. The molecular formula is C12H14N6O. The van der Waals surface area contributed by atoms with Gasteiger partial charge in [-0.05, 0) is 13.3 Å². The van der Waals surface area contributed by atoms with Crippen molar-refractivity contribution in [3.63, 3.8) is 0 Å². The minimum absolute atomic E-state index is 0.00759. The molecule has 0 saturated carbocycles. The van der Waals surface area contributed by atoms with E-state index in [1.165, 1.54) is 0 Å². The summed E-state index contributed by atoms with van der Waals surface area (Å²) < 4.78 is 1.93. The largest absolute Gasteiger partial charge is 0.323 e. The zero-order valence-electron chi connectivity index (χ0n) is 10.6. The zero-order chi connectivity index (χ0) is 13.2. The molecule has 1 unspecified atom stereocenters. The average molecular weight is 258 g/mol. The first-order chi connectivity index (χ1) is 9.22. The Balaban J connectivity index is 1.67. The van der Waals surface area contributed by atoms with Crippen LogP contribution in [0.4, 0.5) is 5.69 Å². The normalized spacial score (nSPS) is 17.8. The van der Waals surface area contributed by atoms with Crippen molar-refractivity contribution in [2.24, 2.45) is 5.92 Å². The third kappa shape index (κ3) is 2.44. The Morgan fingerprint density at radius 2 is 2.21 bits per heavy atom. The number of fused-ring (bicyclic) bond motifs is 1. The zero-order valence-corrected chi connectivity index (χ0v) is 10.6. The van der Waals surface area contributed by atoms with Crippen LogP contribution in [0, 0.1) is 12.8 Å². The van der Waals surface area contributed by atoms with Crippen molar-refractivity contribution in [3.8, 4) is 0 Å². The molecule has 19 heavy (non-hydrogen) atoms. The number of nitrogens with one attached hydrogen (secondary N) is 1. The molecule has 1 atom stereocenters. The van der Waals surface area contributed by atoms with Gasteiger partial charge in [-0.3, -0.25) is 4.79 Å². The summed E-state index contributed by atoms with van der Waals surface area (Å²) in [5, 5.41) is 10.7. The summed E-state index contributed by atoms with van der Waals surface area (Å²) in [5.74, 6) is 1.56. The van der Waals surface area contributed by atoms with Crippen LogP contribution in [0.3, 0.4) is 0 Å². The van der Waals surface area contributed by atoms with Crippen molar-refractivity contribution >= 4 is 11.6 Å². The Morgan fingerprint density at radius 1 is 1.42 bits per heavy atom. The van der Waals surface area contributed by atoms with Crippen LogP contribution >= 0.6 is 0 Å². The lowest BCUT2D eigenvalue weighted by molar-refractivity contribution is -0.120. The van der Waals surface area contributed by atoms with Gasteiger partial charge in [0, 0.05) is 13.0 Å². The van der Waals surface area contributed by atoms with E-state index in [1.807, 2.05) is 4.57 Å². The second kappa shape index (κ2) is 4.75. The van der Waals surface area contributed by atoms with Gasteiger partial charge in [0.1, 0.15) is 18.0 Å². The van der Waals surface area contributed by atoms with Crippen molar-refractivity contribution in [2.75, 3.05) is 5.32 Å². The SMILES string of the molecule is Cc1ncc(NC(=O)C2CCc3nncn3C2)cn1. The maximum atomic E-state index is 12.2. The summed E-state index contributed by atoms with van der Waals surface area (Å²) in [6, 6.07) is 0. The van der Waals surface area contributed by atoms with Gasteiger partial charge >= 0.3 is 0 Å². The number of amides is 1. The Labute approximate surface area is 110 Å². The number of aromatic nitrogens is 5. The second-order valence-electron chi connectivity index (χ2n) is 4.64. The highest BCUT2D eigenvalue weighted by Gasteiger charge is 2.25. The van der Waals surface area contributed by atoms with E-state index in [2.05, 4.69) is 25.5 Å². The van der Waals surface area contributed by atoms with Crippen LogP contribution in [0.2, 0.25) is 0 Å². The van der Waals surface area contributed by atoms with E-state index in [0.717, 1.165) is 18.7 Å². The molecule has 3 rings (SSSR count). The molecule has 7 nitrogen and oxygen atoms in total. The molecule has 98 valence electrons. The van der Waals surface area contributed by atoms with E-state index in [0.29, 0.717) is 18.1 Å². The number of hydrogen-bond donors (Lipinski definition) is 1. The molecule has 0 aromatic carbocycles. The van der Waals surface area contributed by atoms with Crippen LogP contribution in [0.5, 0.6) is 0 Å². The van der Waals surface area contributed by atoms with Gasteiger partial charge in [0.25, 0.3) is 0 Å². The number of aryl methyl sites for hydroxylation is 2. The highest BCUT2D eigenvalue weighted by atomic mass is 16.1. The smallest absolute Gasteiger partial charge is 0.229 e. The standard InChI is InChI=1S/C12H14N6O/c1-8-13-4-10(5-14-8)16-12(19)9-2-3-11-17-15-7-18(11)6-9/h4-5,7,9H,2-3,6H2,1H3,(H,16,19). The van der Waals surface area contributed by atoms with E-state index in [-0.39, 0.29) is 11.8 Å². The van der Waals surface area contributed by atoms with Crippen molar-refractivity contribution in [2.45, 2.75) is 26.3 Å². The van der Waals surface area contributed by atoms with Crippen LogP contribution < -0.4 is 5.32 Å². The van der Waals surface area contributed by atoms with Crippen LogP contribution in [-0.2, 0) is 17.8 Å². The molecule has 0 radical (unpaired) electrons. The summed E-state index contributed by atoms with van der Waals surface area (Å²) in [6.45, 7) is 2.43. The van der Waals surface area contributed by atoms with Gasteiger partial charge in [-0.15, -0.1) is 10.2 Å². The molecule has 1 aliphatic rings. The van der Waals surface area contributed by atoms with Gasteiger partial charge in [-0.1, -0.05) is 0 Å². The number of carbonyl (C=O) groups is 1. The van der Waals surface area contributed by atoms with Crippen LogP contribution in [0.1, 0.15) is 18.1 Å². The molecule has 7 heteroatoms. The molecule has 0 spiro atoms. The molecule has 1 N–H and O–H groups in total. The molecule has 3 heterocycles. The molecule has 1 amide bonds. The van der Waals surface area contributed by atoms with Gasteiger partial charge in [0.05, 0.1) is 24.0 Å². The third-order valence-electron chi connectivity index (χ3n) is 3.25. The molecule has 0 fully saturated rings. The molecule has 0 aliphatic carbocycles. The lowest BCUT2D eigenvalue weighted by Crippen LogP contribution is -2.31. The second-order valence-corrected chi connectivity index (χ2v) is 4.64. The lowest BCUT2D eigenvalue weighted by Gasteiger charge is -2.22. The summed E-state index contributed by atoms with van der Waals surface area (Å²) in [7, 11) is 0. The van der Waals surface area contributed by atoms with E-state index in [1.54, 1.807) is 25.6 Å².